The van der Waals surface area contributed by atoms with E-state index in [1.165, 1.54) is 6.20 Å². The largest absolute Gasteiger partial charge is 0.349 e. The maximum atomic E-state index is 11.9. The van der Waals surface area contributed by atoms with Crippen LogP contribution in [-0.4, -0.2) is 30.0 Å². The fraction of sp³-hybridized carbons (Fsp3) is 0.538. The van der Waals surface area contributed by atoms with Gasteiger partial charge in [0.1, 0.15) is 5.56 Å². The van der Waals surface area contributed by atoms with Gasteiger partial charge in [-0.2, -0.15) is 0 Å². The molecule has 1 aromatic heterocycles. The van der Waals surface area contributed by atoms with Crippen LogP contribution in [0.25, 0.3) is 0 Å². The van der Waals surface area contributed by atoms with Gasteiger partial charge in [-0.15, -0.1) is 0 Å². The van der Waals surface area contributed by atoms with Gasteiger partial charge in [-0.05, 0) is 44.9 Å². The number of carbonyl (C=O) groups excluding carboxylic acids is 1. The Kier molecular flexibility index (Phi) is 4.15. The SMILES string of the molecule is CNC1CCC(NC(=O)c2ccc[nH]c2=O)CC1. The minimum absolute atomic E-state index is 0.182. The summed E-state index contributed by atoms with van der Waals surface area (Å²) in [6.45, 7) is 0. The zero-order valence-corrected chi connectivity index (χ0v) is 10.5. The first-order chi connectivity index (χ1) is 8.70. The van der Waals surface area contributed by atoms with E-state index in [1.54, 1.807) is 12.1 Å². The van der Waals surface area contributed by atoms with Gasteiger partial charge in [-0.25, -0.2) is 0 Å². The number of nitrogens with one attached hydrogen (secondary N) is 3. The summed E-state index contributed by atoms with van der Waals surface area (Å²) < 4.78 is 0. The van der Waals surface area contributed by atoms with E-state index in [9.17, 15) is 9.59 Å². The number of aromatic nitrogens is 1. The molecule has 1 fully saturated rings. The Morgan fingerprint density at radius 2 is 1.94 bits per heavy atom. The van der Waals surface area contributed by atoms with Crippen molar-refractivity contribution in [3.63, 3.8) is 0 Å². The molecule has 1 aromatic rings. The number of rotatable bonds is 3. The van der Waals surface area contributed by atoms with Crippen molar-refractivity contribution in [3.05, 3.63) is 34.2 Å². The molecule has 0 aliphatic heterocycles. The molecule has 0 spiro atoms. The molecule has 0 bridgehead atoms. The molecule has 5 nitrogen and oxygen atoms in total. The van der Waals surface area contributed by atoms with Crippen molar-refractivity contribution in [2.24, 2.45) is 0 Å². The first-order valence-electron chi connectivity index (χ1n) is 6.36. The van der Waals surface area contributed by atoms with E-state index in [1.807, 2.05) is 7.05 Å². The molecule has 1 saturated carbocycles. The highest BCUT2D eigenvalue weighted by Gasteiger charge is 2.22. The third-order valence-corrected chi connectivity index (χ3v) is 3.53. The minimum Gasteiger partial charge on any atom is -0.349 e. The van der Waals surface area contributed by atoms with E-state index >= 15 is 0 Å². The molecule has 1 aliphatic rings. The van der Waals surface area contributed by atoms with Crippen molar-refractivity contribution in [1.82, 2.24) is 15.6 Å². The number of pyridine rings is 1. The van der Waals surface area contributed by atoms with Crippen LogP contribution in [0.3, 0.4) is 0 Å². The number of carbonyl (C=O) groups is 1. The van der Waals surface area contributed by atoms with E-state index in [0.717, 1.165) is 25.7 Å². The Balaban J connectivity index is 1.93. The summed E-state index contributed by atoms with van der Waals surface area (Å²) in [4.78, 5) is 25.9. The number of hydrogen-bond acceptors (Lipinski definition) is 3. The van der Waals surface area contributed by atoms with Gasteiger partial charge in [-0.3, -0.25) is 9.59 Å². The predicted molar refractivity (Wildman–Crippen MR) is 69.6 cm³/mol. The third-order valence-electron chi connectivity index (χ3n) is 3.53. The molecular formula is C13H19N3O2. The van der Waals surface area contributed by atoms with Gasteiger partial charge < -0.3 is 15.6 Å². The quantitative estimate of drug-likeness (QED) is 0.736. The second-order valence-electron chi connectivity index (χ2n) is 4.72. The Morgan fingerprint density at radius 1 is 1.28 bits per heavy atom. The zero-order valence-electron chi connectivity index (χ0n) is 10.5. The van der Waals surface area contributed by atoms with Crippen molar-refractivity contribution in [1.29, 1.82) is 0 Å². The Morgan fingerprint density at radius 3 is 2.56 bits per heavy atom. The molecule has 1 aliphatic carbocycles. The average molecular weight is 249 g/mol. The standard InChI is InChI=1S/C13H19N3O2/c1-14-9-4-6-10(7-5-9)16-13(18)11-3-2-8-15-12(11)17/h2-3,8-10,14H,4-7H2,1H3,(H,15,17)(H,16,18). The molecule has 0 saturated heterocycles. The highest BCUT2D eigenvalue weighted by Crippen LogP contribution is 2.18. The molecule has 2 rings (SSSR count). The Hall–Kier alpha value is -1.62. The van der Waals surface area contributed by atoms with Crippen LogP contribution in [0, 0.1) is 0 Å². The van der Waals surface area contributed by atoms with Gasteiger partial charge in [0.15, 0.2) is 0 Å². The fourth-order valence-electron chi connectivity index (χ4n) is 2.39. The van der Waals surface area contributed by atoms with Crippen LogP contribution in [-0.2, 0) is 0 Å². The number of aromatic amines is 1. The first-order valence-corrected chi connectivity index (χ1v) is 6.36. The van der Waals surface area contributed by atoms with Gasteiger partial charge in [-0.1, -0.05) is 0 Å². The van der Waals surface area contributed by atoms with Crippen molar-refractivity contribution >= 4 is 5.91 Å². The number of hydrogen-bond donors (Lipinski definition) is 3. The van der Waals surface area contributed by atoms with E-state index in [0.29, 0.717) is 6.04 Å². The molecule has 3 N–H and O–H groups in total. The molecule has 0 radical (unpaired) electrons. The van der Waals surface area contributed by atoms with Gasteiger partial charge in [0.05, 0.1) is 0 Å². The fourth-order valence-corrected chi connectivity index (χ4v) is 2.39. The molecule has 1 amide bonds. The number of amides is 1. The van der Waals surface area contributed by atoms with Crippen LogP contribution in [0.5, 0.6) is 0 Å². The van der Waals surface area contributed by atoms with E-state index in [2.05, 4.69) is 15.6 Å². The third kappa shape index (κ3) is 2.98. The molecule has 1 heterocycles. The smallest absolute Gasteiger partial charge is 0.260 e. The van der Waals surface area contributed by atoms with Crippen LogP contribution in [0.15, 0.2) is 23.1 Å². The summed E-state index contributed by atoms with van der Waals surface area (Å²) >= 11 is 0. The van der Waals surface area contributed by atoms with Crippen LogP contribution in [0.2, 0.25) is 0 Å². The van der Waals surface area contributed by atoms with Crippen LogP contribution >= 0.6 is 0 Å². The first kappa shape index (κ1) is 12.8. The molecule has 98 valence electrons. The minimum atomic E-state index is -0.334. The summed E-state index contributed by atoms with van der Waals surface area (Å²) in [5.41, 5.74) is -0.146. The van der Waals surface area contributed by atoms with E-state index < -0.39 is 0 Å². The molecule has 5 heteroatoms. The summed E-state index contributed by atoms with van der Waals surface area (Å²) in [5, 5.41) is 6.18. The van der Waals surface area contributed by atoms with E-state index in [-0.39, 0.29) is 23.1 Å². The lowest BCUT2D eigenvalue weighted by molar-refractivity contribution is 0.0923. The topological polar surface area (TPSA) is 74.0 Å². The second-order valence-corrected chi connectivity index (χ2v) is 4.72. The maximum Gasteiger partial charge on any atom is 0.260 e. The summed E-state index contributed by atoms with van der Waals surface area (Å²) in [5.74, 6) is -0.273. The van der Waals surface area contributed by atoms with Crippen LogP contribution in [0.1, 0.15) is 36.0 Å². The van der Waals surface area contributed by atoms with Gasteiger partial charge in [0, 0.05) is 18.3 Å². The van der Waals surface area contributed by atoms with Crippen molar-refractivity contribution in [2.75, 3.05) is 7.05 Å². The zero-order chi connectivity index (χ0) is 13.0. The Labute approximate surface area is 106 Å². The molecule has 18 heavy (non-hydrogen) atoms. The van der Waals surface area contributed by atoms with Crippen molar-refractivity contribution < 1.29 is 4.79 Å². The van der Waals surface area contributed by atoms with Crippen LogP contribution < -0.4 is 16.2 Å². The van der Waals surface area contributed by atoms with Crippen LogP contribution in [0.4, 0.5) is 0 Å². The molecular weight excluding hydrogens is 230 g/mol. The molecule has 0 unspecified atom stereocenters. The lowest BCUT2D eigenvalue weighted by Gasteiger charge is -2.28. The second kappa shape index (κ2) is 5.82. The highest BCUT2D eigenvalue weighted by molar-refractivity contribution is 5.93. The summed E-state index contributed by atoms with van der Waals surface area (Å²) in [6, 6.07) is 3.95. The predicted octanol–water partition coefficient (Wildman–Crippen LogP) is 0.635. The highest BCUT2D eigenvalue weighted by atomic mass is 16.2. The van der Waals surface area contributed by atoms with Gasteiger partial charge in [0.25, 0.3) is 11.5 Å². The van der Waals surface area contributed by atoms with Crippen molar-refractivity contribution in [2.45, 2.75) is 37.8 Å². The lowest BCUT2D eigenvalue weighted by atomic mass is 9.91. The Bertz CT molecular complexity index is 461. The molecule has 0 atom stereocenters. The van der Waals surface area contributed by atoms with Gasteiger partial charge >= 0.3 is 0 Å². The average Bonchev–Trinajstić information content (AvgIpc) is 2.40. The normalized spacial score (nSPS) is 23.6. The lowest BCUT2D eigenvalue weighted by Crippen LogP contribution is -2.42. The van der Waals surface area contributed by atoms with Crippen molar-refractivity contribution in [3.8, 4) is 0 Å². The van der Waals surface area contributed by atoms with Gasteiger partial charge in [0.2, 0.25) is 0 Å². The number of H-pyrrole nitrogens is 1. The maximum absolute atomic E-state index is 11.9. The monoisotopic (exact) mass is 249 g/mol. The van der Waals surface area contributed by atoms with E-state index in [4.69, 9.17) is 0 Å². The summed E-state index contributed by atoms with van der Waals surface area (Å²) in [6.07, 6.45) is 5.57. The summed E-state index contributed by atoms with van der Waals surface area (Å²) in [7, 11) is 1.97. The molecule has 0 aromatic carbocycles.